The number of nitrogens with zero attached hydrogens (tertiary/aromatic N) is 3. The second-order valence-electron chi connectivity index (χ2n) is 18.9. The first-order chi connectivity index (χ1) is 35.6. The number of imidazole rings is 1. The molecule has 0 bridgehead atoms. The Morgan fingerprint density at radius 3 is 1.95 bits per heavy atom. The Bertz CT molecular complexity index is 2450. The molecule has 7 amide bonds. The molecular formula is C50H71N13O12. The molecule has 16 N–H and O–H groups in total. The van der Waals surface area contributed by atoms with Gasteiger partial charge in [-0.25, -0.2) is 9.78 Å². The molecule has 25 heteroatoms. The lowest BCUT2D eigenvalue weighted by Crippen LogP contribution is -2.62. The number of likely N-dealkylation sites (tertiary alicyclic amines) is 1. The van der Waals surface area contributed by atoms with Crippen LogP contribution in [-0.4, -0.2) is 151 Å². The van der Waals surface area contributed by atoms with Crippen LogP contribution in [0.4, 0.5) is 0 Å². The monoisotopic (exact) mass is 1050 g/mol. The number of aliphatic carboxylic acids is 2. The number of nitrogens with two attached hydrogens (primary N) is 3. The van der Waals surface area contributed by atoms with Crippen molar-refractivity contribution in [3.63, 3.8) is 0 Å². The van der Waals surface area contributed by atoms with Crippen LogP contribution < -0.4 is 49.1 Å². The average molecular weight is 1050 g/mol. The van der Waals surface area contributed by atoms with Gasteiger partial charge in [-0.3, -0.25) is 43.3 Å². The first-order valence-corrected chi connectivity index (χ1v) is 24.8. The molecule has 1 aliphatic rings. The van der Waals surface area contributed by atoms with E-state index in [4.69, 9.17) is 17.2 Å². The van der Waals surface area contributed by atoms with E-state index < -0.39 is 120 Å². The number of nitrogens with one attached hydrogen (secondary N) is 7. The number of carbonyl (C=O) groups excluding carboxylic acids is 7. The normalized spacial score (nSPS) is 16.3. The Labute approximate surface area is 434 Å². The highest BCUT2D eigenvalue weighted by Gasteiger charge is 2.41. The highest BCUT2D eigenvalue weighted by Crippen LogP contribution is 2.21. The van der Waals surface area contributed by atoms with Crippen molar-refractivity contribution >= 4 is 59.2 Å². The van der Waals surface area contributed by atoms with Gasteiger partial charge in [0.05, 0.1) is 18.8 Å². The third kappa shape index (κ3) is 18.7. The number of H-pyrrole nitrogens is 1. The molecule has 2 aromatic carbocycles. The van der Waals surface area contributed by atoms with Gasteiger partial charge in [-0.2, -0.15) is 0 Å². The first kappa shape index (κ1) is 59.5. The fourth-order valence-corrected chi connectivity index (χ4v) is 8.31. The van der Waals surface area contributed by atoms with Crippen molar-refractivity contribution in [3.8, 4) is 5.75 Å². The lowest BCUT2D eigenvalue weighted by atomic mass is 9.96. The maximum Gasteiger partial charge on any atom is 0.326 e. The summed E-state index contributed by atoms with van der Waals surface area (Å²) in [6.45, 7) is 6.90. The number of phenols is 1. The molecule has 1 unspecified atom stereocenters. The number of aromatic hydroxyl groups is 1. The highest BCUT2D eigenvalue weighted by molar-refractivity contribution is 5.98. The Kier molecular flexibility index (Phi) is 23.0. The fourth-order valence-electron chi connectivity index (χ4n) is 8.31. The van der Waals surface area contributed by atoms with E-state index in [1.54, 1.807) is 58.0 Å². The summed E-state index contributed by atoms with van der Waals surface area (Å²) in [5.74, 6) is -9.64. The Morgan fingerprint density at radius 1 is 0.747 bits per heavy atom. The van der Waals surface area contributed by atoms with Crippen molar-refractivity contribution in [2.45, 2.75) is 134 Å². The van der Waals surface area contributed by atoms with Crippen LogP contribution in [0.25, 0.3) is 0 Å². The van der Waals surface area contributed by atoms with Crippen molar-refractivity contribution in [3.05, 3.63) is 83.9 Å². The molecule has 1 saturated heterocycles. The quantitative estimate of drug-likeness (QED) is 0.0218. The Balaban J connectivity index is 1.59. The van der Waals surface area contributed by atoms with E-state index in [0.29, 0.717) is 29.7 Å². The summed E-state index contributed by atoms with van der Waals surface area (Å²) in [5.41, 5.74) is 18.2. The van der Waals surface area contributed by atoms with Crippen LogP contribution in [0.1, 0.15) is 83.0 Å². The number of phenolic OH excluding ortho intramolecular Hbond substituents is 1. The number of hydrogen-bond donors (Lipinski definition) is 13. The molecule has 0 saturated carbocycles. The SMILES string of the molecule is CC[C@@H](C)C(NC(=O)[C@@H](Cc1ccc(O)cc1)NC(=O)[C@@H](NC(=O)[C@H](CCCN=C(N)N)NC(=O)[C@@H](N)CC(=O)O)C(C)C)C(=O)N[C@H](Cc1cnc[nH]1)C(=O)N1CCC[C@@H]1C(=O)N[C@H](Cc1ccccc1)C(=O)O. The number of carbonyl (C=O) groups is 9. The van der Waals surface area contributed by atoms with E-state index in [2.05, 4.69) is 46.9 Å². The number of aromatic amines is 1. The molecule has 75 heavy (non-hydrogen) atoms. The summed E-state index contributed by atoms with van der Waals surface area (Å²) < 4.78 is 0. The zero-order valence-corrected chi connectivity index (χ0v) is 42.5. The van der Waals surface area contributed by atoms with Crippen LogP contribution >= 0.6 is 0 Å². The zero-order valence-electron chi connectivity index (χ0n) is 42.5. The number of guanidine groups is 1. The summed E-state index contributed by atoms with van der Waals surface area (Å²) in [6.07, 6.45) is 2.92. The van der Waals surface area contributed by atoms with E-state index in [-0.39, 0.29) is 63.3 Å². The van der Waals surface area contributed by atoms with Crippen LogP contribution in [0.2, 0.25) is 0 Å². The molecule has 1 aliphatic heterocycles. The highest BCUT2D eigenvalue weighted by atomic mass is 16.4. The van der Waals surface area contributed by atoms with Gasteiger partial charge in [0.15, 0.2) is 5.96 Å². The maximum absolute atomic E-state index is 14.6. The summed E-state index contributed by atoms with van der Waals surface area (Å²) in [7, 11) is 0. The Hall–Kier alpha value is -8.09. The number of benzene rings is 2. The fraction of sp³-hybridized carbons (Fsp3) is 0.500. The van der Waals surface area contributed by atoms with Crippen molar-refractivity contribution < 1.29 is 58.5 Å². The van der Waals surface area contributed by atoms with Crippen LogP contribution in [-0.2, 0) is 62.4 Å². The molecule has 0 radical (unpaired) electrons. The lowest BCUT2D eigenvalue weighted by Gasteiger charge is -2.32. The minimum absolute atomic E-state index is 0.00211. The van der Waals surface area contributed by atoms with Gasteiger partial charge in [0.25, 0.3) is 0 Å². The van der Waals surface area contributed by atoms with Gasteiger partial charge >= 0.3 is 11.9 Å². The van der Waals surface area contributed by atoms with Crippen molar-refractivity contribution in [2.24, 2.45) is 34.0 Å². The smallest absolute Gasteiger partial charge is 0.326 e. The minimum atomic E-state index is -1.51. The number of amides is 7. The number of aliphatic imine (C=N–C) groups is 1. The van der Waals surface area contributed by atoms with E-state index in [1.807, 2.05) is 0 Å². The molecule has 4 rings (SSSR count). The van der Waals surface area contributed by atoms with Gasteiger partial charge in [0.1, 0.15) is 48.0 Å². The van der Waals surface area contributed by atoms with Crippen LogP contribution in [0.15, 0.2) is 72.1 Å². The summed E-state index contributed by atoms with van der Waals surface area (Å²) in [4.78, 5) is 134. The minimum Gasteiger partial charge on any atom is -0.508 e. The van der Waals surface area contributed by atoms with E-state index in [0.717, 1.165) is 0 Å². The van der Waals surface area contributed by atoms with Gasteiger partial charge in [0.2, 0.25) is 41.4 Å². The topological polar surface area (TPSA) is 409 Å². The summed E-state index contributed by atoms with van der Waals surface area (Å²) in [5, 5.41) is 45.1. The summed E-state index contributed by atoms with van der Waals surface area (Å²) in [6, 6.07) is 3.95. The number of hydrogen-bond acceptors (Lipinski definition) is 13. The first-order valence-electron chi connectivity index (χ1n) is 24.8. The molecule has 9 atom stereocenters. The van der Waals surface area contributed by atoms with Gasteiger partial charge in [-0.15, -0.1) is 0 Å². The van der Waals surface area contributed by atoms with Crippen molar-refractivity contribution in [1.29, 1.82) is 0 Å². The van der Waals surface area contributed by atoms with Crippen molar-refractivity contribution in [1.82, 2.24) is 46.8 Å². The molecule has 1 aromatic heterocycles. The van der Waals surface area contributed by atoms with Crippen LogP contribution in [0.5, 0.6) is 5.75 Å². The molecule has 25 nitrogen and oxygen atoms in total. The van der Waals surface area contributed by atoms with Crippen LogP contribution in [0.3, 0.4) is 0 Å². The third-order valence-corrected chi connectivity index (χ3v) is 12.7. The second-order valence-corrected chi connectivity index (χ2v) is 18.9. The second kappa shape index (κ2) is 29.0. The van der Waals surface area contributed by atoms with Gasteiger partial charge < -0.3 is 74.3 Å². The predicted octanol–water partition coefficient (Wildman–Crippen LogP) is -1.31. The standard InChI is InChI=1S/C50H71N13O12/c1-5-28(4)41(47(72)59-36(23-31-25-54-26-56-31)48(73)63-20-10-14-38(63)45(70)60-37(49(74)75)22-29-11-7-6-8-12-29)62-44(69)35(21-30-15-17-32(64)18-16-30)58-46(71)40(27(2)3)61-43(68)34(13-9-19-55-50(52)53)57-42(67)33(51)24-39(65)66/h6-8,11-12,15-18,25-28,33-38,40-41,64H,5,9-10,13-14,19-24,51H2,1-4H3,(H,54,56)(H,57,67)(H,58,71)(H,59,72)(H,60,70)(H,61,68)(H,62,69)(H,65,66)(H,74,75)(H4,52,53,55)/t28-,33+,34+,35-,36-,37-,38-,40+,41?/m1/s1. The molecule has 0 spiro atoms. The largest absolute Gasteiger partial charge is 0.508 e. The Morgan fingerprint density at radius 2 is 1.35 bits per heavy atom. The van der Waals surface area contributed by atoms with Gasteiger partial charge in [-0.05, 0) is 60.8 Å². The average Bonchev–Trinajstić information content (AvgIpc) is 4.08. The lowest BCUT2D eigenvalue weighted by molar-refractivity contribution is -0.145. The van der Waals surface area contributed by atoms with E-state index in [9.17, 15) is 58.5 Å². The molecule has 0 aliphatic carbocycles. The molecule has 3 aromatic rings. The number of carboxylic acids is 2. The number of carboxylic acid groups (broad SMARTS) is 2. The molecule has 408 valence electrons. The van der Waals surface area contributed by atoms with Crippen LogP contribution in [0, 0.1) is 11.8 Å². The predicted molar refractivity (Wildman–Crippen MR) is 273 cm³/mol. The van der Waals surface area contributed by atoms with Gasteiger partial charge in [-0.1, -0.05) is 76.6 Å². The van der Waals surface area contributed by atoms with E-state index in [1.165, 1.54) is 41.7 Å². The molecule has 1 fully saturated rings. The van der Waals surface area contributed by atoms with E-state index >= 15 is 0 Å². The molecular weight excluding hydrogens is 975 g/mol. The third-order valence-electron chi connectivity index (χ3n) is 12.7. The van der Waals surface area contributed by atoms with Crippen molar-refractivity contribution in [2.75, 3.05) is 13.1 Å². The van der Waals surface area contributed by atoms with Gasteiger partial charge in [0, 0.05) is 44.2 Å². The zero-order chi connectivity index (χ0) is 55.4. The molecule has 2 heterocycles. The number of rotatable bonds is 29. The maximum atomic E-state index is 14.6. The summed E-state index contributed by atoms with van der Waals surface area (Å²) >= 11 is 0. The number of aromatic nitrogens is 2.